The highest BCUT2D eigenvalue weighted by Gasteiger charge is 2.29. The number of carbonyl (C=O) groups excluding carboxylic acids is 3. The van der Waals surface area contributed by atoms with Gasteiger partial charge in [-0.1, -0.05) is 314 Å². The van der Waals surface area contributed by atoms with Crippen LogP contribution in [0, 0.1) is 0 Å². The summed E-state index contributed by atoms with van der Waals surface area (Å²) in [6.07, 6.45) is 98.8. The summed E-state index contributed by atoms with van der Waals surface area (Å²) >= 11 is 0. The SMILES string of the molecule is CC/C=C\C/C=C\C/C=C\C/C=C\C/C=C\CCCCCCCCCCCCCCCCCCCC(=O)OCC(O)COP(=O)(O)OCC(O)COP(=O)(O)OCC(COC(=O)CCCCCCCC/C=C\C/C=C\C/C=C\CCCCC)OC(=O)CCC/C=C\C/C=C\C/C=C\C/C=C\C/C=C\CC. The molecule has 0 saturated heterocycles. The fourth-order valence-corrected chi connectivity index (χ4v) is 12.2. The van der Waals surface area contributed by atoms with Gasteiger partial charge in [0.25, 0.3) is 0 Å². The second kappa shape index (κ2) is 78.7. The third-order valence-corrected chi connectivity index (χ3v) is 18.6. The molecular formula is C87H146O16P2. The van der Waals surface area contributed by atoms with Crippen LogP contribution in [-0.4, -0.2) is 95.9 Å². The molecule has 0 aromatic heterocycles. The van der Waals surface area contributed by atoms with Crippen LogP contribution in [0.5, 0.6) is 0 Å². The van der Waals surface area contributed by atoms with Crippen molar-refractivity contribution in [2.45, 2.75) is 334 Å². The van der Waals surface area contributed by atoms with Crippen molar-refractivity contribution < 1.29 is 75.8 Å². The van der Waals surface area contributed by atoms with Crippen LogP contribution in [0.3, 0.4) is 0 Å². The van der Waals surface area contributed by atoms with Crippen LogP contribution in [0.2, 0.25) is 0 Å². The Kier molecular flexibility index (Phi) is 75.1. The zero-order valence-corrected chi connectivity index (χ0v) is 67.4. The van der Waals surface area contributed by atoms with Crippen LogP contribution >= 0.6 is 15.6 Å². The third kappa shape index (κ3) is 80.0. The quantitative estimate of drug-likeness (QED) is 0.0146. The maximum atomic E-state index is 12.9. The first-order valence-electron chi connectivity index (χ1n) is 40.8. The topological polar surface area (TPSA) is 231 Å². The molecule has 5 atom stereocenters. The van der Waals surface area contributed by atoms with Crippen LogP contribution in [0.25, 0.3) is 0 Å². The number of allylic oxidation sites excluding steroid dienone is 26. The molecular weight excluding hydrogens is 1360 g/mol. The second-order valence-electron chi connectivity index (χ2n) is 26.8. The van der Waals surface area contributed by atoms with E-state index in [0.29, 0.717) is 25.7 Å². The number of hydrogen-bond donors (Lipinski definition) is 4. The molecule has 0 bridgehead atoms. The molecule has 0 aliphatic rings. The lowest BCUT2D eigenvalue weighted by Crippen LogP contribution is -2.30. The van der Waals surface area contributed by atoms with E-state index in [4.69, 9.17) is 32.3 Å². The van der Waals surface area contributed by atoms with Crippen LogP contribution < -0.4 is 0 Å². The summed E-state index contributed by atoms with van der Waals surface area (Å²) in [5, 5.41) is 20.7. The summed E-state index contributed by atoms with van der Waals surface area (Å²) in [4.78, 5) is 58.6. The van der Waals surface area contributed by atoms with Crippen LogP contribution in [0.4, 0.5) is 0 Å². The van der Waals surface area contributed by atoms with E-state index in [-0.39, 0.29) is 19.3 Å². The van der Waals surface area contributed by atoms with E-state index in [0.717, 1.165) is 141 Å². The van der Waals surface area contributed by atoms with Gasteiger partial charge in [-0.3, -0.25) is 32.5 Å². The van der Waals surface area contributed by atoms with Gasteiger partial charge in [0.15, 0.2) is 6.10 Å². The normalized spacial score (nSPS) is 14.8. The summed E-state index contributed by atoms with van der Waals surface area (Å²) < 4.78 is 61.1. The highest BCUT2D eigenvalue weighted by molar-refractivity contribution is 7.47. The van der Waals surface area contributed by atoms with E-state index in [1.807, 2.05) is 12.2 Å². The van der Waals surface area contributed by atoms with E-state index in [1.54, 1.807) is 0 Å². The molecule has 0 aromatic carbocycles. The van der Waals surface area contributed by atoms with Gasteiger partial charge in [-0.25, -0.2) is 9.13 Å². The lowest BCUT2D eigenvalue weighted by molar-refractivity contribution is -0.161. The minimum Gasteiger partial charge on any atom is -0.463 e. The molecule has 0 fully saturated rings. The summed E-state index contributed by atoms with van der Waals surface area (Å²) in [5.41, 5.74) is 0. The number of hydrogen-bond acceptors (Lipinski definition) is 14. The maximum Gasteiger partial charge on any atom is 0.472 e. The predicted molar refractivity (Wildman–Crippen MR) is 435 cm³/mol. The Balaban J connectivity index is 4.51. The zero-order valence-electron chi connectivity index (χ0n) is 65.6. The largest absolute Gasteiger partial charge is 0.472 e. The van der Waals surface area contributed by atoms with Gasteiger partial charge in [-0.15, -0.1) is 0 Å². The van der Waals surface area contributed by atoms with Gasteiger partial charge in [0, 0.05) is 19.3 Å². The lowest BCUT2D eigenvalue weighted by Gasteiger charge is -2.21. The van der Waals surface area contributed by atoms with Crippen molar-refractivity contribution in [1.29, 1.82) is 0 Å². The Bertz CT molecular complexity index is 2540. The summed E-state index contributed by atoms with van der Waals surface area (Å²) in [6, 6.07) is 0. The molecule has 0 heterocycles. The Morgan fingerprint density at radius 1 is 0.276 bits per heavy atom. The fraction of sp³-hybridized carbons (Fsp3) is 0.667. The minimum atomic E-state index is -4.95. The number of aliphatic hydroxyl groups excluding tert-OH is 2. The van der Waals surface area contributed by atoms with Gasteiger partial charge in [-0.05, 0) is 141 Å². The molecule has 0 rings (SSSR count). The first-order chi connectivity index (χ1) is 51.2. The van der Waals surface area contributed by atoms with Crippen LogP contribution in [0.15, 0.2) is 158 Å². The molecule has 0 amide bonds. The fourth-order valence-electron chi connectivity index (χ4n) is 10.6. The molecule has 0 aromatic rings. The molecule has 5 unspecified atom stereocenters. The first-order valence-corrected chi connectivity index (χ1v) is 43.8. The number of rotatable bonds is 76. The molecule has 18 heteroatoms. The van der Waals surface area contributed by atoms with E-state index in [9.17, 15) is 43.5 Å². The van der Waals surface area contributed by atoms with Gasteiger partial charge in [0.05, 0.1) is 26.4 Å². The number of aliphatic hydroxyl groups is 2. The van der Waals surface area contributed by atoms with Crippen molar-refractivity contribution in [2.24, 2.45) is 0 Å². The predicted octanol–water partition coefficient (Wildman–Crippen LogP) is 24.2. The third-order valence-electron chi connectivity index (χ3n) is 16.7. The zero-order chi connectivity index (χ0) is 76.6. The molecule has 4 N–H and O–H groups in total. The number of esters is 3. The summed E-state index contributed by atoms with van der Waals surface area (Å²) in [7, 11) is -9.82. The Morgan fingerprint density at radius 3 is 0.829 bits per heavy atom. The van der Waals surface area contributed by atoms with E-state index < -0.39 is 91.5 Å². The van der Waals surface area contributed by atoms with Crippen molar-refractivity contribution in [2.75, 3.05) is 39.6 Å². The Hall–Kier alpha value is -4.83. The number of phosphoric ester groups is 2. The van der Waals surface area contributed by atoms with Crippen molar-refractivity contribution in [3.8, 4) is 0 Å². The average Bonchev–Trinajstić information content (AvgIpc) is 0.911. The van der Waals surface area contributed by atoms with Crippen LogP contribution in [0.1, 0.15) is 316 Å². The Labute approximate surface area is 638 Å². The highest BCUT2D eigenvalue weighted by atomic mass is 31.2. The lowest BCUT2D eigenvalue weighted by atomic mass is 10.0. The molecule has 0 spiro atoms. The first kappa shape index (κ1) is 100. The Morgan fingerprint density at radius 2 is 0.514 bits per heavy atom. The van der Waals surface area contributed by atoms with Gasteiger partial charge < -0.3 is 34.2 Å². The molecule has 0 saturated carbocycles. The smallest absolute Gasteiger partial charge is 0.463 e. The molecule has 16 nitrogen and oxygen atoms in total. The van der Waals surface area contributed by atoms with Crippen molar-refractivity contribution in [3.05, 3.63) is 158 Å². The second-order valence-corrected chi connectivity index (χ2v) is 29.7. The summed E-state index contributed by atoms with van der Waals surface area (Å²) in [6.45, 7) is 2.35. The molecule has 0 aliphatic carbocycles. The number of phosphoric acid groups is 2. The van der Waals surface area contributed by atoms with Crippen molar-refractivity contribution >= 4 is 33.6 Å². The van der Waals surface area contributed by atoms with Crippen LogP contribution in [-0.2, 0) is 55.8 Å². The van der Waals surface area contributed by atoms with Gasteiger partial charge >= 0.3 is 33.6 Å². The molecule has 105 heavy (non-hydrogen) atoms. The number of unbranched alkanes of at least 4 members (excludes halogenated alkanes) is 27. The summed E-state index contributed by atoms with van der Waals surface area (Å²) in [5.74, 6) is -1.66. The molecule has 600 valence electrons. The monoisotopic (exact) mass is 1510 g/mol. The van der Waals surface area contributed by atoms with Crippen molar-refractivity contribution in [1.82, 2.24) is 0 Å². The maximum absolute atomic E-state index is 12.9. The standard InChI is InChI=1S/C87H146O16P2/c1-4-7-10-13-16-19-22-25-28-31-33-34-35-36-37-38-39-40-41-42-43-44-45-46-48-51-52-55-58-61-64-67-70-73-85(90)97-76-82(88)77-99-104(93,94)100-78-83(89)79-101-105(95,96)102-81-84(103-87(92)75-72-69-66-63-60-57-54-49-30-27-24-21-18-15-12-9-6-3)80-98-86(91)74-71-68-65-62-59-56-53-50-47-32-29-26-23-20-17-14-11-8-5-2/h7,9-10,12,16-21,25-30,33-34,36-37,47,50,54,57,63,66,82-84,88-89H,4-6,8,11,13-15,22-24,31-32,35,38-46,48-49,51-53,55-56,58-62,64-65,67-81H2,1-3H3,(H,93,94)(H,95,96)/b10-7-,12-9-,19-16-,20-17-,21-18-,28-25-,29-26-,30-27-,34-33-,37-36-,50-47-,57-54-,66-63-. The number of carbonyl (C=O) groups is 3. The van der Waals surface area contributed by atoms with Crippen molar-refractivity contribution in [3.63, 3.8) is 0 Å². The highest BCUT2D eigenvalue weighted by Crippen LogP contribution is 2.45. The molecule has 0 radical (unpaired) electrons. The van der Waals surface area contributed by atoms with Gasteiger partial charge in [-0.2, -0.15) is 0 Å². The minimum absolute atomic E-state index is 0.0192. The van der Waals surface area contributed by atoms with E-state index in [1.165, 1.54) is 109 Å². The van der Waals surface area contributed by atoms with Gasteiger partial charge in [0.1, 0.15) is 25.4 Å². The van der Waals surface area contributed by atoms with Gasteiger partial charge in [0.2, 0.25) is 0 Å². The molecule has 0 aliphatic heterocycles. The van der Waals surface area contributed by atoms with E-state index in [2.05, 4.69) is 167 Å². The number of ether oxygens (including phenoxy) is 3. The average molecular weight is 1510 g/mol. The van der Waals surface area contributed by atoms with E-state index >= 15 is 0 Å².